The van der Waals surface area contributed by atoms with E-state index in [1.807, 2.05) is 24.3 Å². The van der Waals surface area contributed by atoms with Crippen LogP contribution < -0.4 is 5.73 Å². The number of nitrogens with two attached hydrogens (primary N) is 1. The van der Waals surface area contributed by atoms with Gasteiger partial charge >= 0.3 is 0 Å². The molecule has 2 aromatic carbocycles. The standard InChI is InChI=1S/C16H15BrFNO/c17-16-6-5-14(18)7-13(16)9-15(20)8-11-3-1-2-4-12(11)10-19/h1-7H,8-10,19H2. The summed E-state index contributed by atoms with van der Waals surface area (Å²) >= 11 is 3.33. The molecule has 104 valence electrons. The van der Waals surface area contributed by atoms with E-state index in [1.54, 1.807) is 6.07 Å². The molecular weight excluding hydrogens is 321 g/mol. The van der Waals surface area contributed by atoms with E-state index in [2.05, 4.69) is 15.9 Å². The number of halogens is 2. The van der Waals surface area contributed by atoms with E-state index >= 15 is 0 Å². The molecule has 0 spiro atoms. The molecule has 20 heavy (non-hydrogen) atoms. The average Bonchev–Trinajstić information content (AvgIpc) is 2.43. The SMILES string of the molecule is NCc1ccccc1CC(=O)Cc1cc(F)ccc1Br. The molecule has 0 fully saturated rings. The van der Waals surface area contributed by atoms with Gasteiger partial charge in [0.2, 0.25) is 0 Å². The van der Waals surface area contributed by atoms with Crippen LogP contribution in [0, 0.1) is 5.82 Å². The number of hydrogen-bond acceptors (Lipinski definition) is 2. The van der Waals surface area contributed by atoms with Gasteiger partial charge in [0.05, 0.1) is 0 Å². The maximum Gasteiger partial charge on any atom is 0.141 e. The molecule has 2 N–H and O–H groups in total. The minimum absolute atomic E-state index is 0.0391. The normalized spacial score (nSPS) is 10.6. The second kappa shape index (κ2) is 6.77. The van der Waals surface area contributed by atoms with Crippen LogP contribution in [0.15, 0.2) is 46.9 Å². The van der Waals surface area contributed by atoms with Crippen molar-refractivity contribution in [3.8, 4) is 0 Å². The van der Waals surface area contributed by atoms with E-state index in [0.29, 0.717) is 18.5 Å². The first-order valence-corrected chi connectivity index (χ1v) is 7.12. The quantitative estimate of drug-likeness (QED) is 0.909. The fourth-order valence-corrected chi connectivity index (χ4v) is 2.48. The highest BCUT2D eigenvalue weighted by molar-refractivity contribution is 9.10. The van der Waals surface area contributed by atoms with Gasteiger partial charge in [-0.05, 0) is 34.9 Å². The highest BCUT2D eigenvalue weighted by Crippen LogP contribution is 2.19. The Balaban J connectivity index is 2.11. The van der Waals surface area contributed by atoms with Crippen LogP contribution in [0.1, 0.15) is 16.7 Å². The van der Waals surface area contributed by atoms with Gasteiger partial charge < -0.3 is 5.73 Å². The van der Waals surface area contributed by atoms with Crippen LogP contribution in [0.5, 0.6) is 0 Å². The van der Waals surface area contributed by atoms with Gasteiger partial charge in [-0.3, -0.25) is 4.79 Å². The number of rotatable bonds is 5. The fourth-order valence-electron chi connectivity index (χ4n) is 2.10. The molecule has 2 aromatic rings. The lowest BCUT2D eigenvalue weighted by atomic mass is 9.99. The van der Waals surface area contributed by atoms with Crippen molar-refractivity contribution < 1.29 is 9.18 Å². The van der Waals surface area contributed by atoms with Crippen LogP contribution >= 0.6 is 15.9 Å². The van der Waals surface area contributed by atoms with Crippen LogP contribution in [-0.2, 0) is 24.2 Å². The molecule has 0 saturated carbocycles. The van der Waals surface area contributed by atoms with Gasteiger partial charge in [0, 0.05) is 23.9 Å². The van der Waals surface area contributed by atoms with Gasteiger partial charge in [0.15, 0.2) is 0 Å². The predicted octanol–water partition coefficient (Wildman–Crippen LogP) is 3.40. The van der Waals surface area contributed by atoms with Crippen molar-refractivity contribution in [3.05, 3.63) is 69.4 Å². The van der Waals surface area contributed by atoms with E-state index in [4.69, 9.17) is 5.73 Å². The van der Waals surface area contributed by atoms with Crippen molar-refractivity contribution in [3.63, 3.8) is 0 Å². The third-order valence-corrected chi connectivity index (χ3v) is 3.89. The predicted molar refractivity (Wildman–Crippen MR) is 80.8 cm³/mol. The van der Waals surface area contributed by atoms with E-state index < -0.39 is 0 Å². The maximum absolute atomic E-state index is 13.2. The summed E-state index contributed by atoms with van der Waals surface area (Å²) in [7, 11) is 0. The Morgan fingerprint density at radius 2 is 1.70 bits per heavy atom. The number of Topliss-reactive ketones (excluding diaryl/α,β-unsaturated/α-hetero) is 1. The number of carbonyl (C=O) groups is 1. The minimum Gasteiger partial charge on any atom is -0.326 e. The van der Waals surface area contributed by atoms with Crippen molar-refractivity contribution in [2.45, 2.75) is 19.4 Å². The van der Waals surface area contributed by atoms with E-state index in [1.165, 1.54) is 12.1 Å². The van der Waals surface area contributed by atoms with Crippen LogP contribution in [0.3, 0.4) is 0 Å². The molecule has 0 amide bonds. The van der Waals surface area contributed by atoms with Crippen LogP contribution in [0.2, 0.25) is 0 Å². The van der Waals surface area contributed by atoms with Gasteiger partial charge in [0.25, 0.3) is 0 Å². The number of benzene rings is 2. The van der Waals surface area contributed by atoms with Crippen LogP contribution in [0.25, 0.3) is 0 Å². The lowest BCUT2D eigenvalue weighted by molar-refractivity contribution is -0.117. The first kappa shape index (κ1) is 14.9. The summed E-state index contributed by atoms with van der Waals surface area (Å²) < 4.78 is 13.9. The molecule has 0 bridgehead atoms. The molecule has 0 aliphatic heterocycles. The van der Waals surface area contributed by atoms with Gasteiger partial charge in [-0.15, -0.1) is 0 Å². The molecule has 0 heterocycles. The Bertz CT molecular complexity index is 628. The molecule has 0 aromatic heterocycles. The Labute approximate surface area is 125 Å². The van der Waals surface area contributed by atoms with Crippen molar-refractivity contribution in [2.24, 2.45) is 5.73 Å². The van der Waals surface area contributed by atoms with Crippen molar-refractivity contribution in [2.75, 3.05) is 0 Å². The molecule has 2 nitrogen and oxygen atoms in total. The second-order valence-electron chi connectivity index (χ2n) is 4.60. The molecular formula is C16H15BrFNO. The number of carbonyl (C=O) groups excluding carboxylic acids is 1. The number of ketones is 1. The second-order valence-corrected chi connectivity index (χ2v) is 5.46. The average molecular weight is 336 g/mol. The molecule has 2 rings (SSSR count). The molecule has 0 saturated heterocycles. The van der Waals surface area contributed by atoms with E-state index in [-0.39, 0.29) is 18.0 Å². The van der Waals surface area contributed by atoms with Crippen molar-refractivity contribution in [1.82, 2.24) is 0 Å². The highest BCUT2D eigenvalue weighted by atomic mass is 79.9. The van der Waals surface area contributed by atoms with E-state index in [0.717, 1.165) is 15.6 Å². The first-order valence-electron chi connectivity index (χ1n) is 6.32. The lowest BCUT2D eigenvalue weighted by Crippen LogP contribution is -2.10. The van der Waals surface area contributed by atoms with Gasteiger partial charge in [0.1, 0.15) is 11.6 Å². The minimum atomic E-state index is -0.335. The molecule has 4 heteroatoms. The van der Waals surface area contributed by atoms with Crippen molar-refractivity contribution >= 4 is 21.7 Å². The Morgan fingerprint density at radius 1 is 1.05 bits per heavy atom. The zero-order chi connectivity index (χ0) is 14.5. The summed E-state index contributed by atoms with van der Waals surface area (Å²) in [6.07, 6.45) is 0.521. The monoisotopic (exact) mass is 335 g/mol. The van der Waals surface area contributed by atoms with Crippen molar-refractivity contribution in [1.29, 1.82) is 0 Å². The van der Waals surface area contributed by atoms with E-state index in [9.17, 15) is 9.18 Å². The highest BCUT2D eigenvalue weighted by Gasteiger charge is 2.10. The zero-order valence-corrected chi connectivity index (χ0v) is 12.5. The Morgan fingerprint density at radius 3 is 2.40 bits per heavy atom. The Hall–Kier alpha value is -1.52. The zero-order valence-electron chi connectivity index (χ0n) is 10.9. The third kappa shape index (κ3) is 3.74. The third-order valence-electron chi connectivity index (χ3n) is 3.12. The number of hydrogen-bond donors (Lipinski definition) is 1. The summed E-state index contributed by atoms with van der Waals surface area (Å²) in [4.78, 5) is 12.1. The molecule has 0 aliphatic rings. The molecule has 0 radical (unpaired) electrons. The Kier molecular flexibility index (Phi) is 5.04. The summed E-state index contributed by atoms with van der Waals surface area (Å²) in [6, 6.07) is 12.0. The summed E-state index contributed by atoms with van der Waals surface area (Å²) in [5.41, 5.74) is 8.23. The molecule has 0 atom stereocenters. The smallest absolute Gasteiger partial charge is 0.141 e. The summed E-state index contributed by atoms with van der Waals surface area (Å²) in [6.45, 7) is 0.410. The fraction of sp³-hybridized carbons (Fsp3) is 0.188. The molecule has 0 unspecified atom stereocenters. The maximum atomic E-state index is 13.2. The first-order chi connectivity index (χ1) is 9.60. The largest absolute Gasteiger partial charge is 0.326 e. The molecule has 0 aliphatic carbocycles. The topological polar surface area (TPSA) is 43.1 Å². The summed E-state index contributed by atoms with van der Waals surface area (Å²) in [5, 5.41) is 0. The summed E-state index contributed by atoms with van der Waals surface area (Å²) in [5.74, 6) is -0.296. The van der Waals surface area contributed by atoms with Gasteiger partial charge in [-0.1, -0.05) is 40.2 Å². The van der Waals surface area contributed by atoms with Gasteiger partial charge in [-0.25, -0.2) is 4.39 Å². The van der Waals surface area contributed by atoms with Crippen LogP contribution in [-0.4, -0.2) is 5.78 Å². The lowest BCUT2D eigenvalue weighted by Gasteiger charge is -2.08. The van der Waals surface area contributed by atoms with Crippen LogP contribution in [0.4, 0.5) is 4.39 Å². The van der Waals surface area contributed by atoms with Gasteiger partial charge in [-0.2, -0.15) is 0 Å².